The maximum absolute atomic E-state index is 14.5. The molecule has 2 heterocycles. The predicted molar refractivity (Wildman–Crippen MR) is 100 cm³/mol. The summed E-state index contributed by atoms with van der Waals surface area (Å²) in [6.45, 7) is 3.67. The molecule has 8 heteroatoms. The first kappa shape index (κ1) is 18.5. The van der Waals surface area contributed by atoms with Crippen LogP contribution in [0, 0.1) is 5.82 Å². The number of nitrogens with one attached hydrogen (secondary N) is 1. The quantitative estimate of drug-likeness (QED) is 0.697. The normalized spacial score (nSPS) is 16.4. The molecule has 0 bridgehead atoms. The first-order chi connectivity index (χ1) is 13.3. The van der Waals surface area contributed by atoms with Crippen LogP contribution >= 0.6 is 0 Å². The molecule has 5 nitrogen and oxygen atoms in total. The highest BCUT2D eigenvalue weighted by molar-refractivity contribution is 5.88. The summed E-state index contributed by atoms with van der Waals surface area (Å²) >= 11 is 0. The fourth-order valence-corrected chi connectivity index (χ4v) is 3.34. The van der Waals surface area contributed by atoms with Gasteiger partial charge in [-0.25, -0.2) is 23.1 Å². The summed E-state index contributed by atoms with van der Waals surface area (Å²) in [5.74, 6) is -0.518. The molecule has 0 aliphatic heterocycles. The summed E-state index contributed by atoms with van der Waals surface area (Å²) in [7, 11) is 0. The summed E-state index contributed by atoms with van der Waals surface area (Å²) in [6.07, 6.45) is 1.96. The Labute approximate surface area is 159 Å². The summed E-state index contributed by atoms with van der Waals surface area (Å²) < 4.78 is 42.1. The molecule has 4 rings (SSSR count). The molecule has 1 aliphatic rings. The van der Waals surface area contributed by atoms with Crippen LogP contribution in [0.1, 0.15) is 50.3 Å². The third-order valence-corrected chi connectivity index (χ3v) is 5.34. The minimum atomic E-state index is -2.89. The minimum Gasteiger partial charge on any atom is -0.363 e. The van der Waals surface area contributed by atoms with Crippen molar-refractivity contribution in [2.24, 2.45) is 0 Å². The van der Waals surface area contributed by atoms with E-state index in [9.17, 15) is 18.0 Å². The number of halogens is 3. The average Bonchev–Trinajstić information content (AvgIpc) is 3.39. The number of hydrogen-bond donors (Lipinski definition) is 1. The van der Waals surface area contributed by atoms with Crippen LogP contribution in [0.2, 0.25) is 0 Å². The highest BCUT2D eigenvalue weighted by Crippen LogP contribution is 2.42. The van der Waals surface area contributed by atoms with Gasteiger partial charge in [-0.15, -0.1) is 0 Å². The number of rotatable bonds is 5. The van der Waals surface area contributed by atoms with Crippen molar-refractivity contribution in [3.63, 3.8) is 0 Å². The fraction of sp³-hybridized carbons (Fsp3) is 0.350. The fourth-order valence-electron chi connectivity index (χ4n) is 3.34. The van der Waals surface area contributed by atoms with Gasteiger partial charge in [0.15, 0.2) is 0 Å². The molecule has 1 fully saturated rings. The Hall–Kier alpha value is -2.90. The molecule has 28 heavy (non-hydrogen) atoms. The van der Waals surface area contributed by atoms with Gasteiger partial charge in [-0.05, 0) is 26.7 Å². The molecule has 1 atom stereocenters. The Morgan fingerprint density at radius 2 is 1.93 bits per heavy atom. The summed E-state index contributed by atoms with van der Waals surface area (Å²) in [5, 5.41) is 3.69. The van der Waals surface area contributed by atoms with E-state index in [1.54, 1.807) is 17.7 Å². The minimum absolute atomic E-state index is 0.118. The van der Waals surface area contributed by atoms with Crippen molar-refractivity contribution in [3.8, 4) is 0 Å². The second-order valence-corrected chi connectivity index (χ2v) is 7.42. The van der Waals surface area contributed by atoms with Crippen LogP contribution in [0.25, 0.3) is 10.9 Å². The van der Waals surface area contributed by atoms with Gasteiger partial charge in [0.1, 0.15) is 18.0 Å². The number of anilines is 1. The lowest BCUT2D eigenvalue weighted by Crippen LogP contribution is -2.27. The van der Waals surface area contributed by atoms with Crippen LogP contribution < -0.4 is 10.9 Å². The van der Waals surface area contributed by atoms with Crippen molar-refractivity contribution in [2.75, 3.05) is 5.32 Å². The second-order valence-electron chi connectivity index (χ2n) is 7.42. The van der Waals surface area contributed by atoms with Crippen molar-refractivity contribution in [2.45, 2.75) is 44.7 Å². The number of nitrogens with zero attached hydrogens (tertiary/aromatic N) is 3. The highest BCUT2D eigenvalue weighted by Gasteiger charge is 2.40. The molecule has 1 unspecified atom stereocenters. The average molecular weight is 388 g/mol. The van der Waals surface area contributed by atoms with E-state index in [1.165, 1.54) is 24.5 Å². The van der Waals surface area contributed by atoms with Gasteiger partial charge >= 0.3 is 0 Å². The largest absolute Gasteiger partial charge is 0.363 e. The lowest BCUT2D eigenvalue weighted by Gasteiger charge is -2.19. The summed E-state index contributed by atoms with van der Waals surface area (Å²) in [6, 6.07) is 4.78. The van der Waals surface area contributed by atoms with E-state index in [0.717, 1.165) is 18.9 Å². The maximum atomic E-state index is 14.5. The molecule has 1 saturated carbocycles. The van der Waals surface area contributed by atoms with Crippen LogP contribution in [-0.4, -0.2) is 14.5 Å². The third kappa shape index (κ3) is 3.12. The number of benzene rings is 1. The zero-order chi connectivity index (χ0) is 20.1. The monoisotopic (exact) mass is 388 g/mol. The Morgan fingerprint density at radius 1 is 1.21 bits per heavy atom. The molecular weight excluding hydrogens is 369 g/mol. The van der Waals surface area contributed by atoms with E-state index in [1.807, 2.05) is 6.92 Å². The number of fused-ring (bicyclic) bond motifs is 1. The van der Waals surface area contributed by atoms with Crippen LogP contribution in [0.5, 0.6) is 0 Å². The van der Waals surface area contributed by atoms with Gasteiger partial charge < -0.3 is 9.88 Å². The van der Waals surface area contributed by atoms with Crippen LogP contribution in [0.3, 0.4) is 0 Å². The maximum Gasteiger partial charge on any atom is 0.266 e. The standard InChI is InChI=1S/C20H19F3N4O/c1-11(12-4-3-5-13(17(12)21)18(22)23)26-19-14-9-27(20(2)6-7-20)16(28)8-15(14)24-10-25-19/h3-5,8-11,18H,6-7H2,1-2H3,(H,24,25,26). The molecule has 1 aromatic carbocycles. The van der Waals surface area contributed by atoms with E-state index >= 15 is 0 Å². The first-order valence-electron chi connectivity index (χ1n) is 9.01. The van der Waals surface area contributed by atoms with Gasteiger partial charge in [0.2, 0.25) is 0 Å². The SMILES string of the molecule is CC(Nc1ncnc2cc(=O)n(C3(C)CC3)cc12)c1cccc(C(F)F)c1F. The topological polar surface area (TPSA) is 59.8 Å². The molecular formula is C20H19F3N4O. The van der Waals surface area contributed by atoms with E-state index < -0.39 is 23.8 Å². The van der Waals surface area contributed by atoms with Crippen molar-refractivity contribution < 1.29 is 13.2 Å². The third-order valence-electron chi connectivity index (χ3n) is 5.34. The summed E-state index contributed by atoms with van der Waals surface area (Å²) in [5.41, 5.74) is -0.388. The van der Waals surface area contributed by atoms with Gasteiger partial charge in [0.25, 0.3) is 12.0 Å². The molecule has 146 valence electrons. The van der Waals surface area contributed by atoms with Crippen molar-refractivity contribution in [1.29, 1.82) is 0 Å². The first-order valence-corrected chi connectivity index (χ1v) is 9.01. The Morgan fingerprint density at radius 3 is 2.61 bits per heavy atom. The molecule has 0 spiro atoms. The Balaban J connectivity index is 1.74. The van der Waals surface area contributed by atoms with Gasteiger partial charge in [-0.3, -0.25) is 4.79 Å². The Bertz CT molecular complexity index is 1110. The van der Waals surface area contributed by atoms with Gasteiger partial charge in [0.05, 0.1) is 22.5 Å². The van der Waals surface area contributed by atoms with Gasteiger partial charge in [-0.2, -0.15) is 0 Å². The molecule has 1 aliphatic carbocycles. The van der Waals surface area contributed by atoms with Crippen molar-refractivity contribution in [1.82, 2.24) is 14.5 Å². The molecule has 0 amide bonds. The van der Waals surface area contributed by atoms with Crippen LogP contribution in [0.4, 0.5) is 19.0 Å². The van der Waals surface area contributed by atoms with Crippen molar-refractivity contribution >= 4 is 16.7 Å². The van der Waals surface area contributed by atoms with Crippen LogP contribution in [0.15, 0.2) is 41.6 Å². The Kier molecular flexibility index (Phi) is 4.36. The molecule has 0 radical (unpaired) electrons. The number of pyridine rings is 1. The van der Waals surface area contributed by atoms with E-state index in [2.05, 4.69) is 15.3 Å². The van der Waals surface area contributed by atoms with E-state index in [4.69, 9.17) is 0 Å². The molecule has 0 saturated heterocycles. The van der Waals surface area contributed by atoms with Gasteiger partial charge in [0, 0.05) is 23.4 Å². The molecule has 3 aromatic rings. The van der Waals surface area contributed by atoms with E-state index in [0.29, 0.717) is 16.7 Å². The summed E-state index contributed by atoms with van der Waals surface area (Å²) in [4.78, 5) is 20.8. The van der Waals surface area contributed by atoms with Gasteiger partial charge in [-0.1, -0.05) is 18.2 Å². The zero-order valence-corrected chi connectivity index (χ0v) is 15.4. The van der Waals surface area contributed by atoms with E-state index in [-0.39, 0.29) is 16.7 Å². The highest BCUT2D eigenvalue weighted by atomic mass is 19.3. The molecule has 1 N–H and O–H groups in total. The van der Waals surface area contributed by atoms with Crippen LogP contribution in [-0.2, 0) is 5.54 Å². The van der Waals surface area contributed by atoms with Crippen molar-refractivity contribution in [3.05, 3.63) is 64.1 Å². The number of alkyl halides is 2. The zero-order valence-electron chi connectivity index (χ0n) is 15.4. The lowest BCUT2D eigenvalue weighted by molar-refractivity contribution is 0.146. The predicted octanol–water partition coefficient (Wildman–Crippen LogP) is 4.55. The number of hydrogen-bond acceptors (Lipinski definition) is 4. The smallest absolute Gasteiger partial charge is 0.266 e. The molecule has 2 aromatic heterocycles. The lowest BCUT2D eigenvalue weighted by atomic mass is 10.0. The number of aromatic nitrogens is 3. The second kappa shape index (κ2) is 6.61.